The van der Waals surface area contributed by atoms with E-state index in [1.54, 1.807) is 22.1 Å². The molecule has 0 saturated heterocycles. The number of rotatable bonds is 7. The van der Waals surface area contributed by atoms with Crippen LogP contribution in [-0.2, 0) is 33.1 Å². The van der Waals surface area contributed by atoms with Gasteiger partial charge >= 0.3 is 0 Å². The Morgan fingerprint density at radius 3 is 2.71 bits per heavy atom. The van der Waals surface area contributed by atoms with Gasteiger partial charge in [0.05, 0.1) is 30.0 Å². The summed E-state index contributed by atoms with van der Waals surface area (Å²) in [6.07, 6.45) is 3.12. The van der Waals surface area contributed by atoms with Gasteiger partial charge in [-0.25, -0.2) is 4.98 Å². The van der Waals surface area contributed by atoms with Crippen LogP contribution in [0.15, 0.2) is 17.0 Å². The fourth-order valence-corrected chi connectivity index (χ4v) is 5.03. The van der Waals surface area contributed by atoms with Gasteiger partial charge < -0.3 is 9.80 Å². The van der Waals surface area contributed by atoms with Crippen molar-refractivity contribution in [2.45, 2.75) is 58.7 Å². The highest BCUT2D eigenvalue weighted by molar-refractivity contribution is 7.07. The maximum Gasteiger partial charge on any atom is 0.274 e. The zero-order chi connectivity index (χ0) is 24.0. The van der Waals surface area contributed by atoms with Gasteiger partial charge in [-0.3, -0.25) is 19.0 Å². The maximum atomic E-state index is 13.4. The number of hydrogen-bond acceptors (Lipinski definition) is 6. The van der Waals surface area contributed by atoms with Gasteiger partial charge in [0.1, 0.15) is 5.69 Å². The zero-order valence-corrected chi connectivity index (χ0v) is 21.0. The molecule has 10 heteroatoms. The minimum Gasteiger partial charge on any atom is -0.334 e. The van der Waals surface area contributed by atoms with Gasteiger partial charge in [-0.05, 0) is 30.7 Å². The molecule has 2 aliphatic rings. The Morgan fingerprint density at radius 2 is 2.06 bits per heavy atom. The van der Waals surface area contributed by atoms with Crippen LogP contribution in [-0.4, -0.2) is 59.8 Å². The second-order valence-corrected chi connectivity index (χ2v) is 10.5. The Morgan fingerprint density at radius 1 is 1.26 bits per heavy atom. The SMILES string of the molecule is CC(C)c1cc(C(=O)N2CCc3c(c(C(=O)N(C)Cc4cscn4)nn3CC3CC3)C2)n(C)n1. The van der Waals surface area contributed by atoms with Gasteiger partial charge in [0.15, 0.2) is 5.69 Å². The van der Waals surface area contributed by atoms with Crippen molar-refractivity contribution in [3.8, 4) is 0 Å². The second kappa shape index (κ2) is 8.98. The largest absolute Gasteiger partial charge is 0.334 e. The third-order valence-corrected chi connectivity index (χ3v) is 7.33. The number of thiazole rings is 1. The number of hydrogen-bond donors (Lipinski definition) is 0. The number of carbonyl (C=O) groups excluding carboxylic acids is 2. The highest BCUT2D eigenvalue weighted by Crippen LogP contribution is 2.33. The number of amides is 2. The molecule has 3 aromatic rings. The molecular weight excluding hydrogens is 450 g/mol. The van der Waals surface area contributed by atoms with Gasteiger partial charge in [0.2, 0.25) is 0 Å². The first-order valence-electron chi connectivity index (χ1n) is 11.9. The van der Waals surface area contributed by atoms with E-state index in [0.29, 0.717) is 43.4 Å². The van der Waals surface area contributed by atoms with E-state index in [0.717, 1.165) is 29.2 Å². The van der Waals surface area contributed by atoms with Crippen molar-refractivity contribution in [3.63, 3.8) is 0 Å². The van der Waals surface area contributed by atoms with E-state index >= 15 is 0 Å². The Bertz CT molecular complexity index is 1210. The summed E-state index contributed by atoms with van der Waals surface area (Å²) in [7, 11) is 3.59. The van der Waals surface area contributed by atoms with Crippen molar-refractivity contribution in [1.29, 1.82) is 0 Å². The first-order chi connectivity index (χ1) is 16.3. The van der Waals surface area contributed by atoms with E-state index in [1.807, 2.05) is 28.1 Å². The third kappa shape index (κ3) is 4.38. The fourth-order valence-electron chi connectivity index (χ4n) is 4.48. The minimum absolute atomic E-state index is 0.0586. The third-order valence-electron chi connectivity index (χ3n) is 6.69. The lowest BCUT2D eigenvalue weighted by Gasteiger charge is -2.28. The highest BCUT2D eigenvalue weighted by Gasteiger charge is 2.34. The van der Waals surface area contributed by atoms with Crippen LogP contribution in [0.25, 0.3) is 0 Å². The summed E-state index contributed by atoms with van der Waals surface area (Å²) >= 11 is 1.52. The smallest absolute Gasteiger partial charge is 0.274 e. The van der Waals surface area contributed by atoms with Crippen LogP contribution in [0, 0.1) is 5.92 Å². The van der Waals surface area contributed by atoms with E-state index < -0.39 is 0 Å². The van der Waals surface area contributed by atoms with Crippen molar-refractivity contribution in [1.82, 2.24) is 34.3 Å². The molecule has 0 atom stereocenters. The lowest BCUT2D eigenvalue weighted by Crippen LogP contribution is -2.38. The van der Waals surface area contributed by atoms with Crippen LogP contribution < -0.4 is 0 Å². The molecule has 9 nitrogen and oxygen atoms in total. The average molecular weight is 482 g/mol. The van der Waals surface area contributed by atoms with Gasteiger partial charge in [0, 0.05) is 50.2 Å². The number of fused-ring (bicyclic) bond motifs is 1. The Labute approximate surface area is 203 Å². The van der Waals surface area contributed by atoms with E-state index in [2.05, 4.69) is 23.9 Å². The summed E-state index contributed by atoms with van der Waals surface area (Å²) in [4.78, 5) is 34.7. The topological polar surface area (TPSA) is 89.2 Å². The molecule has 1 saturated carbocycles. The van der Waals surface area contributed by atoms with Gasteiger partial charge in [-0.2, -0.15) is 10.2 Å². The number of aromatic nitrogens is 5. The fraction of sp³-hybridized carbons (Fsp3) is 0.542. The second-order valence-electron chi connectivity index (χ2n) is 9.75. The molecule has 1 aliphatic heterocycles. The predicted octanol–water partition coefficient (Wildman–Crippen LogP) is 3.08. The van der Waals surface area contributed by atoms with Crippen molar-refractivity contribution in [2.24, 2.45) is 13.0 Å². The summed E-state index contributed by atoms with van der Waals surface area (Å²) in [6.45, 7) is 6.40. The summed E-state index contributed by atoms with van der Waals surface area (Å²) in [5.41, 5.74) is 6.54. The van der Waals surface area contributed by atoms with Crippen molar-refractivity contribution in [3.05, 3.63) is 51.0 Å². The number of aryl methyl sites for hydroxylation is 1. The van der Waals surface area contributed by atoms with E-state index in [-0.39, 0.29) is 17.7 Å². The average Bonchev–Trinajstić information content (AvgIpc) is 3.18. The van der Waals surface area contributed by atoms with E-state index in [9.17, 15) is 9.59 Å². The van der Waals surface area contributed by atoms with Crippen LogP contribution in [0.1, 0.15) is 76.2 Å². The molecule has 0 radical (unpaired) electrons. The first-order valence-corrected chi connectivity index (χ1v) is 12.8. The van der Waals surface area contributed by atoms with Gasteiger partial charge in [-0.1, -0.05) is 13.8 Å². The van der Waals surface area contributed by atoms with Crippen LogP contribution in [0.2, 0.25) is 0 Å². The van der Waals surface area contributed by atoms with Crippen LogP contribution in [0.5, 0.6) is 0 Å². The molecule has 5 rings (SSSR count). The monoisotopic (exact) mass is 481 g/mol. The molecule has 1 aliphatic carbocycles. The van der Waals surface area contributed by atoms with Crippen molar-refractivity contribution < 1.29 is 9.59 Å². The molecule has 0 bridgehead atoms. The first kappa shape index (κ1) is 22.8. The lowest BCUT2D eigenvalue weighted by molar-refractivity contribution is 0.0711. The van der Waals surface area contributed by atoms with Gasteiger partial charge in [-0.15, -0.1) is 11.3 Å². The summed E-state index contributed by atoms with van der Waals surface area (Å²) in [5, 5.41) is 11.2. The molecule has 0 aromatic carbocycles. The summed E-state index contributed by atoms with van der Waals surface area (Å²) < 4.78 is 3.69. The maximum absolute atomic E-state index is 13.4. The standard InChI is InChI=1S/C24H31N7O2S/c1-15(2)19-9-21(29(4)26-19)23(32)30-8-7-20-18(12-30)22(27-31(20)10-16-5-6-16)24(33)28(3)11-17-13-34-14-25-17/h9,13-16H,5-8,10-12H2,1-4H3. The summed E-state index contributed by atoms with van der Waals surface area (Å²) in [5.74, 6) is 0.703. The van der Waals surface area contributed by atoms with Crippen LogP contribution in [0.4, 0.5) is 0 Å². The van der Waals surface area contributed by atoms with Gasteiger partial charge in [0.25, 0.3) is 11.8 Å². The Hall–Kier alpha value is -3.01. The normalized spacial score (nSPS) is 15.6. The number of carbonyl (C=O) groups is 2. The van der Waals surface area contributed by atoms with Crippen molar-refractivity contribution >= 4 is 23.2 Å². The number of nitrogens with zero attached hydrogens (tertiary/aromatic N) is 7. The molecule has 2 amide bonds. The van der Waals surface area contributed by atoms with Crippen LogP contribution in [0.3, 0.4) is 0 Å². The molecule has 0 unspecified atom stereocenters. The molecule has 0 N–H and O–H groups in total. The minimum atomic E-state index is -0.129. The molecular formula is C24H31N7O2S. The Balaban J connectivity index is 1.42. The predicted molar refractivity (Wildman–Crippen MR) is 129 cm³/mol. The van der Waals surface area contributed by atoms with Crippen molar-refractivity contribution in [2.75, 3.05) is 13.6 Å². The molecule has 4 heterocycles. The zero-order valence-electron chi connectivity index (χ0n) is 20.2. The molecule has 3 aromatic heterocycles. The lowest BCUT2D eigenvalue weighted by atomic mass is 10.0. The molecule has 180 valence electrons. The Kier molecular flexibility index (Phi) is 6.01. The van der Waals surface area contributed by atoms with E-state index in [1.165, 1.54) is 24.2 Å². The highest BCUT2D eigenvalue weighted by atomic mass is 32.1. The van der Waals surface area contributed by atoms with E-state index in [4.69, 9.17) is 5.10 Å². The quantitative estimate of drug-likeness (QED) is 0.517. The summed E-state index contributed by atoms with van der Waals surface area (Å²) in [6, 6.07) is 1.88. The molecule has 34 heavy (non-hydrogen) atoms. The van der Waals surface area contributed by atoms with Crippen LogP contribution >= 0.6 is 11.3 Å². The molecule has 1 fully saturated rings. The molecule has 0 spiro atoms.